The minimum absolute atomic E-state index is 0.355. The maximum atomic E-state index is 10.8. The van der Waals surface area contributed by atoms with Gasteiger partial charge < -0.3 is 15.2 Å². The van der Waals surface area contributed by atoms with Crippen LogP contribution >= 0.6 is 0 Å². The molecule has 1 unspecified atom stereocenters. The lowest BCUT2D eigenvalue weighted by Gasteiger charge is -2.08. The van der Waals surface area contributed by atoms with Gasteiger partial charge in [0, 0.05) is 13.2 Å². The second-order valence-corrected chi connectivity index (χ2v) is 2.47. The number of hydrogen-bond donors (Lipinski definition) is 1. The van der Waals surface area contributed by atoms with Crippen LogP contribution in [0.1, 0.15) is 19.8 Å². The standard InChI is InChI=1S/C8H17NO3/c1-3-12-6-4-5-7(9)8(10)11-2/h7H,3-6,9H2,1-2H3. The van der Waals surface area contributed by atoms with Crippen LogP contribution in [0.3, 0.4) is 0 Å². The monoisotopic (exact) mass is 175 g/mol. The van der Waals surface area contributed by atoms with Crippen LogP contribution in [-0.2, 0) is 14.3 Å². The highest BCUT2D eigenvalue weighted by molar-refractivity contribution is 5.75. The number of esters is 1. The van der Waals surface area contributed by atoms with Gasteiger partial charge in [0.25, 0.3) is 0 Å². The topological polar surface area (TPSA) is 61.5 Å². The van der Waals surface area contributed by atoms with E-state index in [9.17, 15) is 4.79 Å². The summed E-state index contributed by atoms with van der Waals surface area (Å²) in [7, 11) is 1.34. The van der Waals surface area contributed by atoms with E-state index in [1.165, 1.54) is 7.11 Å². The quantitative estimate of drug-likeness (QED) is 0.466. The van der Waals surface area contributed by atoms with Crippen molar-refractivity contribution < 1.29 is 14.3 Å². The summed E-state index contributed by atoms with van der Waals surface area (Å²) in [4.78, 5) is 10.8. The maximum Gasteiger partial charge on any atom is 0.322 e. The Hall–Kier alpha value is -0.610. The molecule has 0 aliphatic heterocycles. The third kappa shape index (κ3) is 5.09. The van der Waals surface area contributed by atoms with Gasteiger partial charge >= 0.3 is 5.97 Å². The number of ether oxygens (including phenoxy) is 2. The van der Waals surface area contributed by atoms with Gasteiger partial charge in [-0.1, -0.05) is 0 Å². The van der Waals surface area contributed by atoms with Crippen molar-refractivity contribution in [2.24, 2.45) is 5.73 Å². The highest BCUT2D eigenvalue weighted by Crippen LogP contribution is 1.96. The third-order valence-electron chi connectivity index (χ3n) is 1.51. The third-order valence-corrected chi connectivity index (χ3v) is 1.51. The maximum absolute atomic E-state index is 10.8. The van der Waals surface area contributed by atoms with Gasteiger partial charge in [0.2, 0.25) is 0 Å². The highest BCUT2D eigenvalue weighted by atomic mass is 16.5. The Bertz CT molecular complexity index is 127. The summed E-state index contributed by atoms with van der Waals surface area (Å²) in [6.45, 7) is 3.29. The Morgan fingerprint density at radius 3 is 2.75 bits per heavy atom. The Kier molecular flexibility index (Phi) is 6.70. The first-order valence-corrected chi connectivity index (χ1v) is 4.13. The van der Waals surface area contributed by atoms with Gasteiger partial charge in [0.15, 0.2) is 0 Å². The fraction of sp³-hybridized carbons (Fsp3) is 0.875. The van der Waals surface area contributed by atoms with Gasteiger partial charge in [-0.15, -0.1) is 0 Å². The summed E-state index contributed by atoms with van der Waals surface area (Å²) in [6, 6.07) is -0.504. The van der Waals surface area contributed by atoms with Gasteiger partial charge in [-0.2, -0.15) is 0 Å². The molecule has 0 radical (unpaired) electrons. The van der Waals surface area contributed by atoms with E-state index in [4.69, 9.17) is 10.5 Å². The lowest BCUT2D eigenvalue weighted by molar-refractivity contribution is -0.142. The number of methoxy groups -OCH3 is 1. The van der Waals surface area contributed by atoms with Crippen molar-refractivity contribution in [3.8, 4) is 0 Å². The molecular formula is C8H17NO3. The van der Waals surface area contributed by atoms with Crippen LogP contribution in [0.5, 0.6) is 0 Å². The summed E-state index contributed by atoms with van der Waals surface area (Å²) in [5.74, 6) is -0.355. The zero-order valence-corrected chi connectivity index (χ0v) is 7.71. The van der Waals surface area contributed by atoms with E-state index in [-0.39, 0.29) is 5.97 Å². The van der Waals surface area contributed by atoms with Gasteiger partial charge in [0.1, 0.15) is 6.04 Å². The first kappa shape index (κ1) is 11.4. The van der Waals surface area contributed by atoms with E-state index in [0.717, 1.165) is 6.42 Å². The molecule has 72 valence electrons. The molecule has 0 aromatic heterocycles. The Labute approximate surface area is 73.0 Å². The molecule has 0 saturated carbocycles. The number of carbonyl (C=O) groups is 1. The molecule has 0 aliphatic carbocycles. The predicted molar refractivity (Wildman–Crippen MR) is 45.7 cm³/mol. The van der Waals surface area contributed by atoms with E-state index in [2.05, 4.69) is 4.74 Å². The van der Waals surface area contributed by atoms with E-state index in [0.29, 0.717) is 19.6 Å². The molecule has 0 aromatic rings. The minimum Gasteiger partial charge on any atom is -0.468 e. The average molecular weight is 175 g/mol. The molecule has 0 heterocycles. The van der Waals surface area contributed by atoms with Gasteiger partial charge in [0.05, 0.1) is 7.11 Å². The normalized spacial score (nSPS) is 12.6. The Balaban J connectivity index is 3.31. The van der Waals surface area contributed by atoms with Crippen molar-refractivity contribution in [3.63, 3.8) is 0 Å². The van der Waals surface area contributed by atoms with E-state index in [1.807, 2.05) is 6.92 Å². The molecule has 0 fully saturated rings. The largest absolute Gasteiger partial charge is 0.468 e. The Morgan fingerprint density at radius 1 is 1.58 bits per heavy atom. The molecule has 0 rings (SSSR count). The fourth-order valence-electron chi connectivity index (χ4n) is 0.819. The number of hydrogen-bond acceptors (Lipinski definition) is 4. The second-order valence-electron chi connectivity index (χ2n) is 2.47. The van der Waals surface area contributed by atoms with E-state index >= 15 is 0 Å². The first-order chi connectivity index (χ1) is 5.72. The van der Waals surface area contributed by atoms with Crippen LogP contribution in [0.15, 0.2) is 0 Å². The summed E-state index contributed by atoms with van der Waals surface area (Å²) in [6.07, 6.45) is 1.41. The smallest absolute Gasteiger partial charge is 0.322 e. The zero-order valence-electron chi connectivity index (χ0n) is 7.71. The molecule has 0 aliphatic rings. The lowest BCUT2D eigenvalue weighted by atomic mass is 10.2. The molecule has 2 N–H and O–H groups in total. The van der Waals surface area contributed by atoms with Crippen LogP contribution in [0.25, 0.3) is 0 Å². The highest BCUT2D eigenvalue weighted by Gasteiger charge is 2.12. The van der Waals surface area contributed by atoms with Crippen molar-refractivity contribution in [1.29, 1.82) is 0 Å². The van der Waals surface area contributed by atoms with Crippen LogP contribution in [0.4, 0.5) is 0 Å². The van der Waals surface area contributed by atoms with Crippen molar-refractivity contribution in [2.45, 2.75) is 25.8 Å². The summed E-state index contributed by atoms with van der Waals surface area (Å²) in [5.41, 5.74) is 5.48. The zero-order chi connectivity index (χ0) is 9.40. The SMILES string of the molecule is CCOCCCC(N)C(=O)OC. The minimum atomic E-state index is -0.504. The number of carbonyl (C=O) groups excluding carboxylic acids is 1. The molecule has 0 saturated heterocycles. The molecule has 0 amide bonds. The summed E-state index contributed by atoms with van der Waals surface area (Å²) < 4.78 is 9.55. The molecule has 1 atom stereocenters. The van der Waals surface area contributed by atoms with Crippen molar-refractivity contribution >= 4 is 5.97 Å². The van der Waals surface area contributed by atoms with E-state index < -0.39 is 6.04 Å². The average Bonchev–Trinajstić information content (AvgIpc) is 2.10. The molecule has 0 bridgehead atoms. The van der Waals surface area contributed by atoms with Gasteiger partial charge in [-0.3, -0.25) is 4.79 Å². The van der Waals surface area contributed by atoms with Gasteiger partial charge in [-0.05, 0) is 19.8 Å². The van der Waals surface area contributed by atoms with Crippen molar-refractivity contribution in [1.82, 2.24) is 0 Å². The van der Waals surface area contributed by atoms with E-state index in [1.54, 1.807) is 0 Å². The molecule has 4 heteroatoms. The van der Waals surface area contributed by atoms with Crippen LogP contribution in [0, 0.1) is 0 Å². The lowest BCUT2D eigenvalue weighted by Crippen LogP contribution is -2.31. The second kappa shape index (κ2) is 7.06. The van der Waals surface area contributed by atoms with Crippen molar-refractivity contribution in [2.75, 3.05) is 20.3 Å². The van der Waals surface area contributed by atoms with Gasteiger partial charge in [-0.25, -0.2) is 0 Å². The van der Waals surface area contributed by atoms with Crippen LogP contribution in [-0.4, -0.2) is 32.3 Å². The summed E-state index contributed by atoms with van der Waals surface area (Å²) >= 11 is 0. The number of rotatable bonds is 6. The summed E-state index contributed by atoms with van der Waals surface area (Å²) in [5, 5.41) is 0. The number of nitrogens with two attached hydrogens (primary N) is 1. The molecule has 0 aromatic carbocycles. The molecule has 12 heavy (non-hydrogen) atoms. The van der Waals surface area contributed by atoms with Crippen molar-refractivity contribution in [3.05, 3.63) is 0 Å². The Morgan fingerprint density at radius 2 is 2.25 bits per heavy atom. The van der Waals surface area contributed by atoms with Crippen LogP contribution in [0.2, 0.25) is 0 Å². The van der Waals surface area contributed by atoms with Crippen LogP contribution < -0.4 is 5.73 Å². The molecule has 4 nitrogen and oxygen atoms in total. The first-order valence-electron chi connectivity index (χ1n) is 4.13. The predicted octanol–water partition coefficient (Wildman–Crippen LogP) is 0.303. The molecule has 0 spiro atoms. The molecular weight excluding hydrogens is 158 g/mol. The fourth-order valence-corrected chi connectivity index (χ4v) is 0.819.